The van der Waals surface area contributed by atoms with Crippen LogP contribution in [0.2, 0.25) is 0 Å². The molecule has 0 radical (unpaired) electrons. The number of hydrogen-bond donors (Lipinski definition) is 2. The number of carbonyl (C=O) groups excluding carboxylic acids is 2. The molecule has 1 atom stereocenters. The minimum Gasteiger partial charge on any atom is -0.497 e. The lowest BCUT2D eigenvalue weighted by atomic mass is 10.0. The molecular formula is C33H37N3O5S. The van der Waals surface area contributed by atoms with E-state index < -0.39 is 15.9 Å². The van der Waals surface area contributed by atoms with Crippen molar-refractivity contribution in [3.8, 4) is 5.75 Å². The van der Waals surface area contributed by atoms with E-state index in [-0.39, 0.29) is 22.4 Å². The predicted octanol–water partition coefficient (Wildman–Crippen LogP) is 6.40. The monoisotopic (exact) mass is 587 g/mol. The fraction of sp³-hybridized carbons (Fsp3) is 0.273. The van der Waals surface area contributed by atoms with Crippen LogP contribution in [-0.4, -0.2) is 44.7 Å². The Kier molecular flexibility index (Phi) is 9.98. The van der Waals surface area contributed by atoms with Crippen LogP contribution in [0.25, 0.3) is 10.8 Å². The Balaban J connectivity index is 1.59. The summed E-state index contributed by atoms with van der Waals surface area (Å²) in [7, 11) is -2.07. The van der Waals surface area contributed by atoms with Crippen molar-refractivity contribution in [3.05, 3.63) is 102 Å². The number of anilines is 1. The van der Waals surface area contributed by atoms with Gasteiger partial charge in [-0.25, -0.2) is 8.42 Å². The van der Waals surface area contributed by atoms with Gasteiger partial charge in [-0.15, -0.1) is 0 Å². The van der Waals surface area contributed by atoms with Crippen molar-refractivity contribution in [1.82, 2.24) is 9.62 Å². The Morgan fingerprint density at radius 2 is 1.43 bits per heavy atom. The Bertz CT molecular complexity index is 1650. The standard InChI is InChI=1S/C33H37N3O5S/c1-5-19-36(20-6-2)42(39,40)29-17-13-25(14-18-29)32(37)35-31-22-27-10-8-7-9-26(27)21-30(31)33(38)34-23(3)24-11-15-28(41-4)16-12-24/h7-18,21-23H,5-6,19-20H2,1-4H3,(H,34,38)(H,35,37). The quantitative estimate of drug-likeness (QED) is 0.200. The van der Waals surface area contributed by atoms with Crippen LogP contribution < -0.4 is 15.4 Å². The van der Waals surface area contributed by atoms with E-state index >= 15 is 0 Å². The number of methoxy groups -OCH3 is 1. The summed E-state index contributed by atoms with van der Waals surface area (Å²) in [6.07, 6.45) is 1.42. The van der Waals surface area contributed by atoms with Crippen LogP contribution in [0.4, 0.5) is 5.69 Å². The zero-order chi connectivity index (χ0) is 30.3. The molecule has 2 N–H and O–H groups in total. The lowest BCUT2D eigenvalue weighted by molar-refractivity contribution is 0.0941. The molecule has 9 heteroatoms. The second kappa shape index (κ2) is 13.6. The van der Waals surface area contributed by atoms with Gasteiger partial charge in [-0.05, 0) is 84.6 Å². The summed E-state index contributed by atoms with van der Waals surface area (Å²) < 4.78 is 32.9. The molecule has 0 bridgehead atoms. The molecule has 0 fully saturated rings. The highest BCUT2D eigenvalue weighted by atomic mass is 32.2. The molecule has 0 heterocycles. The van der Waals surface area contributed by atoms with Gasteiger partial charge in [0.25, 0.3) is 11.8 Å². The molecule has 0 aliphatic rings. The summed E-state index contributed by atoms with van der Waals surface area (Å²) in [5.74, 6) is -0.0695. The van der Waals surface area contributed by atoms with Gasteiger partial charge in [0, 0.05) is 18.7 Å². The molecule has 8 nitrogen and oxygen atoms in total. The Hall–Kier alpha value is -4.21. The van der Waals surface area contributed by atoms with Crippen LogP contribution in [0.15, 0.2) is 89.8 Å². The average molecular weight is 588 g/mol. The summed E-state index contributed by atoms with van der Waals surface area (Å²) in [6, 6.07) is 24.2. The van der Waals surface area contributed by atoms with Crippen LogP contribution in [-0.2, 0) is 10.0 Å². The van der Waals surface area contributed by atoms with E-state index in [1.807, 2.05) is 69.3 Å². The van der Waals surface area contributed by atoms with Gasteiger partial charge in [0.1, 0.15) is 5.75 Å². The van der Waals surface area contributed by atoms with Gasteiger partial charge < -0.3 is 15.4 Å². The fourth-order valence-electron chi connectivity index (χ4n) is 4.75. The lowest BCUT2D eigenvalue weighted by Gasteiger charge is -2.21. The molecule has 4 rings (SSSR count). The van der Waals surface area contributed by atoms with Crippen LogP contribution in [0.3, 0.4) is 0 Å². The highest BCUT2D eigenvalue weighted by molar-refractivity contribution is 7.89. The fourth-order valence-corrected chi connectivity index (χ4v) is 6.38. The third kappa shape index (κ3) is 6.98. The van der Waals surface area contributed by atoms with Gasteiger partial charge in [-0.3, -0.25) is 9.59 Å². The number of rotatable bonds is 12. The van der Waals surface area contributed by atoms with Crippen molar-refractivity contribution in [2.24, 2.45) is 0 Å². The van der Waals surface area contributed by atoms with Crippen LogP contribution in [0, 0.1) is 0 Å². The second-order valence-electron chi connectivity index (χ2n) is 10.1. The van der Waals surface area contributed by atoms with E-state index in [2.05, 4.69) is 10.6 Å². The molecule has 0 saturated heterocycles. The van der Waals surface area contributed by atoms with Gasteiger partial charge in [-0.1, -0.05) is 50.2 Å². The Morgan fingerprint density at radius 3 is 2.00 bits per heavy atom. The molecule has 0 aromatic heterocycles. The van der Waals surface area contributed by atoms with Crippen LogP contribution in [0.5, 0.6) is 5.75 Å². The topological polar surface area (TPSA) is 105 Å². The van der Waals surface area contributed by atoms with Crippen molar-refractivity contribution in [1.29, 1.82) is 0 Å². The summed E-state index contributed by atoms with van der Waals surface area (Å²) in [5.41, 5.74) is 1.85. The first kappa shape index (κ1) is 30.7. The van der Waals surface area contributed by atoms with E-state index in [0.717, 1.165) is 22.1 Å². The maximum atomic E-state index is 13.5. The van der Waals surface area contributed by atoms with E-state index in [1.165, 1.54) is 28.6 Å². The van der Waals surface area contributed by atoms with Crippen LogP contribution in [0.1, 0.15) is 65.9 Å². The molecule has 0 saturated carbocycles. The molecule has 220 valence electrons. The molecular weight excluding hydrogens is 550 g/mol. The number of amides is 2. The van der Waals surface area contributed by atoms with E-state index in [4.69, 9.17) is 4.74 Å². The van der Waals surface area contributed by atoms with Crippen molar-refractivity contribution in [3.63, 3.8) is 0 Å². The Morgan fingerprint density at radius 1 is 0.833 bits per heavy atom. The predicted molar refractivity (Wildman–Crippen MR) is 167 cm³/mol. The highest BCUT2D eigenvalue weighted by Crippen LogP contribution is 2.27. The minimum atomic E-state index is -3.67. The van der Waals surface area contributed by atoms with Crippen molar-refractivity contribution in [2.45, 2.75) is 44.6 Å². The third-order valence-corrected chi connectivity index (χ3v) is 8.96. The largest absolute Gasteiger partial charge is 0.497 e. The first-order valence-corrected chi connectivity index (χ1v) is 15.5. The number of benzene rings is 4. The summed E-state index contributed by atoms with van der Waals surface area (Å²) in [4.78, 5) is 27.0. The van der Waals surface area contributed by atoms with Crippen molar-refractivity contribution < 1.29 is 22.7 Å². The van der Waals surface area contributed by atoms with Gasteiger partial charge in [0.05, 0.1) is 29.3 Å². The van der Waals surface area contributed by atoms with Gasteiger partial charge in [-0.2, -0.15) is 4.31 Å². The lowest BCUT2D eigenvalue weighted by Crippen LogP contribution is -2.32. The smallest absolute Gasteiger partial charge is 0.255 e. The molecule has 4 aromatic rings. The molecule has 42 heavy (non-hydrogen) atoms. The molecule has 2 amide bonds. The van der Waals surface area contributed by atoms with Crippen molar-refractivity contribution >= 4 is 38.3 Å². The number of nitrogens with one attached hydrogen (secondary N) is 2. The highest BCUT2D eigenvalue weighted by Gasteiger charge is 2.24. The van der Waals surface area contributed by atoms with Crippen LogP contribution >= 0.6 is 0 Å². The van der Waals surface area contributed by atoms with E-state index in [1.54, 1.807) is 19.2 Å². The molecule has 0 spiro atoms. The molecule has 0 aliphatic carbocycles. The number of sulfonamides is 1. The molecule has 1 unspecified atom stereocenters. The van der Waals surface area contributed by atoms with Gasteiger partial charge >= 0.3 is 0 Å². The SMILES string of the molecule is CCCN(CCC)S(=O)(=O)c1ccc(C(=O)Nc2cc3ccccc3cc2C(=O)NC(C)c2ccc(OC)cc2)cc1. The third-order valence-electron chi connectivity index (χ3n) is 7.04. The Labute approximate surface area is 247 Å². The number of fused-ring (bicyclic) bond motifs is 1. The maximum absolute atomic E-state index is 13.5. The van der Waals surface area contributed by atoms with Gasteiger partial charge in [0.15, 0.2) is 0 Å². The molecule has 4 aromatic carbocycles. The van der Waals surface area contributed by atoms with E-state index in [9.17, 15) is 18.0 Å². The number of ether oxygens (including phenoxy) is 1. The molecule has 0 aliphatic heterocycles. The summed E-state index contributed by atoms with van der Waals surface area (Å²) in [6.45, 7) is 6.63. The zero-order valence-electron chi connectivity index (χ0n) is 24.4. The first-order chi connectivity index (χ1) is 20.2. The number of carbonyl (C=O) groups is 2. The average Bonchev–Trinajstić information content (AvgIpc) is 3.00. The number of nitrogens with zero attached hydrogens (tertiary/aromatic N) is 1. The maximum Gasteiger partial charge on any atom is 0.255 e. The second-order valence-corrected chi connectivity index (χ2v) is 12.0. The summed E-state index contributed by atoms with van der Waals surface area (Å²) in [5, 5.41) is 7.61. The summed E-state index contributed by atoms with van der Waals surface area (Å²) >= 11 is 0. The minimum absolute atomic E-state index is 0.138. The normalized spacial score (nSPS) is 12.2. The van der Waals surface area contributed by atoms with E-state index in [0.29, 0.717) is 37.2 Å². The first-order valence-electron chi connectivity index (χ1n) is 14.1. The number of hydrogen-bond acceptors (Lipinski definition) is 5. The van der Waals surface area contributed by atoms with Crippen molar-refractivity contribution in [2.75, 3.05) is 25.5 Å². The van der Waals surface area contributed by atoms with Gasteiger partial charge in [0.2, 0.25) is 10.0 Å². The zero-order valence-corrected chi connectivity index (χ0v) is 25.2.